The maximum atomic E-state index is 12.1. The fourth-order valence-electron chi connectivity index (χ4n) is 1.63. The molecule has 0 saturated carbocycles. The number of carbonyl (C=O) groups excluding carboxylic acids is 1. The minimum absolute atomic E-state index is 0.0117. The van der Waals surface area contributed by atoms with Gasteiger partial charge < -0.3 is 10.6 Å². The minimum Gasteiger partial charge on any atom is -0.397 e. The summed E-state index contributed by atoms with van der Waals surface area (Å²) in [6.45, 7) is 0. The predicted octanol–water partition coefficient (Wildman–Crippen LogP) is 3.19. The van der Waals surface area contributed by atoms with Crippen LogP contribution in [0.3, 0.4) is 0 Å². The van der Waals surface area contributed by atoms with Gasteiger partial charge in [0.1, 0.15) is 0 Å². The number of amides is 1. The van der Waals surface area contributed by atoms with E-state index in [2.05, 4.69) is 0 Å². The third kappa shape index (κ3) is 2.83. The van der Waals surface area contributed by atoms with Crippen molar-refractivity contribution in [1.82, 2.24) is 0 Å². The van der Waals surface area contributed by atoms with Crippen LogP contribution in [-0.4, -0.2) is 13.0 Å². The molecular weight excluding hydrogens is 268 g/mol. The Labute approximate surface area is 115 Å². The zero-order valence-corrected chi connectivity index (χ0v) is 11.5. The smallest absolute Gasteiger partial charge is 0.231 e. The molecule has 2 N–H and O–H groups in total. The van der Waals surface area contributed by atoms with Gasteiger partial charge in [0.05, 0.1) is 17.8 Å². The molecule has 2 rings (SSSR count). The summed E-state index contributed by atoms with van der Waals surface area (Å²) in [5, 5.41) is 4.48. The predicted molar refractivity (Wildman–Crippen MR) is 77.3 cm³/mol. The Balaban J connectivity index is 2.17. The Kier molecular flexibility index (Phi) is 3.89. The highest BCUT2D eigenvalue weighted by Gasteiger charge is 2.14. The van der Waals surface area contributed by atoms with Gasteiger partial charge in [-0.2, -0.15) is 11.3 Å². The van der Waals surface area contributed by atoms with Crippen LogP contribution in [0.2, 0.25) is 5.02 Å². The molecule has 1 heterocycles. The quantitative estimate of drug-likeness (QED) is 0.878. The molecule has 3 nitrogen and oxygen atoms in total. The first-order valence-corrected chi connectivity index (χ1v) is 6.72. The number of thiophene rings is 1. The van der Waals surface area contributed by atoms with Crippen molar-refractivity contribution in [1.29, 1.82) is 0 Å². The number of nitrogens with zero attached hydrogens (tertiary/aromatic N) is 1. The standard InChI is InChI=1S/C13H13ClN2OS/c1-16(12-7-10(14)2-3-11(12)15)13(17)6-9-4-5-18-8-9/h2-5,7-8H,6,15H2,1H3. The molecule has 0 radical (unpaired) electrons. The number of hydrogen-bond acceptors (Lipinski definition) is 3. The monoisotopic (exact) mass is 280 g/mol. The van der Waals surface area contributed by atoms with E-state index in [0.29, 0.717) is 22.8 Å². The lowest BCUT2D eigenvalue weighted by Crippen LogP contribution is -2.28. The van der Waals surface area contributed by atoms with E-state index >= 15 is 0 Å². The highest BCUT2D eigenvalue weighted by Crippen LogP contribution is 2.26. The highest BCUT2D eigenvalue weighted by molar-refractivity contribution is 7.08. The van der Waals surface area contributed by atoms with Gasteiger partial charge in [-0.1, -0.05) is 11.6 Å². The van der Waals surface area contributed by atoms with Crippen molar-refractivity contribution >= 4 is 40.2 Å². The summed E-state index contributed by atoms with van der Waals surface area (Å²) in [7, 11) is 1.71. The van der Waals surface area contributed by atoms with Gasteiger partial charge in [-0.05, 0) is 40.6 Å². The number of nitrogen functional groups attached to an aromatic ring is 1. The minimum atomic E-state index is -0.0117. The summed E-state index contributed by atoms with van der Waals surface area (Å²) in [6.07, 6.45) is 0.367. The van der Waals surface area contributed by atoms with Crippen LogP contribution in [0.1, 0.15) is 5.56 Å². The Hall–Kier alpha value is -1.52. The van der Waals surface area contributed by atoms with E-state index in [1.165, 1.54) is 0 Å². The number of carbonyl (C=O) groups is 1. The van der Waals surface area contributed by atoms with Gasteiger partial charge >= 0.3 is 0 Å². The van der Waals surface area contributed by atoms with Crippen molar-refractivity contribution < 1.29 is 4.79 Å². The number of anilines is 2. The summed E-state index contributed by atoms with van der Waals surface area (Å²) in [5.41, 5.74) is 8.05. The van der Waals surface area contributed by atoms with Crippen molar-refractivity contribution in [2.24, 2.45) is 0 Å². The molecule has 18 heavy (non-hydrogen) atoms. The second-order valence-corrected chi connectivity index (χ2v) is 5.18. The van der Waals surface area contributed by atoms with Crippen molar-refractivity contribution in [3.8, 4) is 0 Å². The van der Waals surface area contributed by atoms with Crippen LogP contribution in [-0.2, 0) is 11.2 Å². The van der Waals surface area contributed by atoms with Crippen LogP contribution in [0, 0.1) is 0 Å². The van der Waals surface area contributed by atoms with Gasteiger partial charge in [0.15, 0.2) is 0 Å². The van der Waals surface area contributed by atoms with E-state index in [0.717, 1.165) is 5.56 Å². The Morgan fingerprint density at radius 3 is 2.89 bits per heavy atom. The largest absolute Gasteiger partial charge is 0.397 e. The van der Waals surface area contributed by atoms with E-state index < -0.39 is 0 Å². The molecule has 5 heteroatoms. The summed E-state index contributed by atoms with van der Waals surface area (Å²) < 4.78 is 0. The van der Waals surface area contributed by atoms with Crippen LogP contribution >= 0.6 is 22.9 Å². The average molecular weight is 281 g/mol. The van der Waals surface area contributed by atoms with Gasteiger partial charge in [-0.15, -0.1) is 0 Å². The van der Waals surface area contributed by atoms with Gasteiger partial charge in [-0.3, -0.25) is 4.79 Å². The van der Waals surface area contributed by atoms with E-state index in [4.69, 9.17) is 17.3 Å². The lowest BCUT2D eigenvalue weighted by molar-refractivity contribution is -0.117. The second kappa shape index (κ2) is 5.42. The first kappa shape index (κ1) is 12.9. The number of hydrogen-bond donors (Lipinski definition) is 1. The number of rotatable bonds is 3. The molecule has 94 valence electrons. The Morgan fingerprint density at radius 2 is 2.22 bits per heavy atom. The molecule has 0 saturated heterocycles. The molecule has 2 aromatic rings. The molecule has 0 aliphatic heterocycles. The van der Waals surface area contributed by atoms with Gasteiger partial charge in [-0.25, -0.2) is 0 Å². The van der Waals surface area contributed by atoms with Crippen LogP contribution in [0.4, 0.5) is 11.4 Å². The molecular formula is C13H13ClN2OS. The number of benzene rings is 1. The summed E-state index contributed by atoms with van der Waals surface area (Å²) in [6, 6.07) is 7.05. The molecule has 1 amide bonds. The highest BCUT2D eigenvalue weighted by atomic mass is 35.5. The first-order valence-electron chi connectivity index (χ1n) is 5.40. The van der Waals surface area contributed by atoms with Crippen molar-refractivity contribution in [3.63, 3.8) is 0 Å². The summed E-state index contributed by atoms with van der Waals surface area (Å²) >= 11 is 7.49. The second-order valence-electron chi connectivity index (χ2n) is 3.96. The lowest BCUT2D eigenvalue weighted by atomic mass is 10.2. The zero-order valence-electron chi connectivity index (χ0n) is 9.89. The maximum Gasteiger partial charge on any atom is 0.231 e. The van der Waals surface area contributed by atoms with Crippen molar-refractivity contribution in [3.05, 3.63) is 45.6 Å². The van der Waals surface area contributed by atoms with E-state index in [1.807, 2.05) is 16.8 Å². The molecule has 1 aromatic heterocycles. The molecule has 1 aromatic carbocycles. The molecule has 0 aliphatic carbocycles. The Morgan fingerprint density at radius 1 is 1.44 bits per heavy atom. The van der Waals surface area contributed by atoms with Crippen LogP contribution in [0.15, 0.2) is 35.0 Å². The SMILES string of the molecule is CN(C(=O)Cc1ccsc1)c1cc(Cl)ccc1N. The molecule has 0 atom stereocenters. The summed E-state index contributed by atoms with van der Waals surface area (Å²) in [4.78, 5) is 13.6. The third-order valence-corrected chi connectivity index (χ3v) is 3.63. The number of nitrogens with two attached hydrogens (primary N) is 1. The normalized spacial score (nSPS) is 10.3. The molecule has 0 unspecified atom stereocenters. The van der Waals surface area contributed by atoms with Crippen LogP contribution in [0.5, 0.6) is 0 Å². The average Bonchev–Trinajstić information content (AvgIpc) is 2.84. The fourth-order valence-corrected chi connectivity index (χ4v) is 2.46. The maximum absolute atomic E-state index is 12.1. The number of halogens is 1. The molecule has 0 fully saturated rings. The van der Waals surface area contributed by atoms with Crippen molar-refractivity contribution in [2.45, 2.75) is 6.42 Å². The van der Waals surface area contributed by atoms with E-state index in [-0.39, 0.29) is 5.91 Å². The zero-order chi connectivity index (χ0) is 13.1. The van der Waals surface area contributed by atoms with Crippen LogP contribution < -0.4 is 10.6 Å². The van der Waals surface area contributed by atoms with Gasteiger partial charge in [0.25, 0.3) is 0 Å². The van der Waals surface area contributed by atoms with Crippen LogP contribution in [0.25, 0.3) is 0 Å². The van der Waals surface area contributed by atoms with E-state index in [9.17, 15) is 4.79 Å². The van der Waals surface area contributed by atoms with Gasteiger partial charge in [0.2, 0.25) is 5.91 Å². The lowest BCUT2D eigenvalue weighted by Gasteiger charge is -2.19. The van der Waals surface area contributed by atoms with E-state index in [1.54, 1.807) is 41.5 Å². The fraction of sp³-hybridized carbons (Fsp3) is 0.154. The molecule has 0 spiro atoms. The Bertz CT molecular complexity index is 554. The topological polar surface area (TPSA) is 46.3 Å². The number of likely N-dealkylation sites (N-methyl/N-ethyl adjacent to an activating group) is 1. The molecule has 0 bridgehead atoms. The molecule has 0 aliphatic rings. The van der Waals surface area contributed by atoms with Crippen molar-refractivity contribution in [2.75, 3.05) is 17.7 Å². The van der Waals surface area contributed by atoms with Gasteiger partial charge in [0, 0.05) is 12.1 Å². The summed E-state index contributed by atoms with van der Waals surface area (Å²) in [5.74, 6) is -0.0117. The first-order chi connectivity index (χ1) is 8.58. The third-order valence-electron chi connectivity index (χ3n) is 2.66.